The van der Waals surface area contributed by atoms with Crippen molar-refractivity contribution in [3.63, 3.8) is 0 Å². The van der Waals surface area contributed by atoms with Crippen molar-refractivity contribution in [3.8, 4) is 11.3 Å². The first-order chi connectivity index (χ1) is 11.0. The molecule has 116 valence electrons. The molecule has 0 saturated heterocycles. The Morgan fingerprint density at radius 3 is 2.00 bits per heavy atom. The summed E-state index contributed by atoms with van der Waals surface area (Å²) in [6.07, 6.45) is 0.826. The molecule has 0 N–H and O–H groups in total. The number of aromatic nitrogens is 2. The van der Waals surface area contributed by atoms with E-state index in [0.717, 1.165) is 29.2 Å². The summed E-state index contributed by atoms with van der Waals surface area (Å²) >= 11 is 0. The van der Waals surface area contributed by atoms with Crippen LogP contribution in [0.5, 0.6) is 0 Å². The molecule has 0 unspecified atom stereocenters. The second-order valence-corrected chi connectivity index (χ2v) is 6.85. The van der Waals surface area contributed by atoms with Gasteiger partial charge in [0.1, 0.15) is 5.82 Å². The Morgan fingerprint density at radius 1 is 0.783 bits per heavy atom. The van der Waals surface area contributed by atoms with Gasteiger partial charge in [-0.2, -0.15) is 0 Å². The Hall–Kier alpha value is -2.48. The van der Waals surface area contributed by atoms with E-state index >= 15 is 0 Å². The Labute approximate surface area is 138 Å². The van der Waals surface area contributed by atoms with Crippen LogP contribution in [0.3, 0.4) is 0 Å². The van der Waals surface area contributed by atoms with Gasteiger partial charge in [-0.05, 0) is 11.6 Å². The summed E-state index contributed by atoms with van der Waals surface area (Å²) in [6, 6.07) is 22.9. The zero-order chi connectivity index (χ0) is 16.3. The van der Waals surface area contributed by atoms with E-state index < -0.39 is 0 Å². The molecule has 3 rings (SSSR count). The molecule has 0 aliphatic heterocycles. The number of hydrogen-bond acceptors (Lipinski definition) is 2. The van der Waals surface area contributed by atoms with Crippen LogP contribution in [0.15, 0.2) is 66.7 Å². The molecule has 0 radical (unpaired) electrons. The molecular formula is C21H22N2. The predicted molar refractivity (Wildman–Crippen MR) is 95.4 cm³/mol. The largest absolute Gasteiger partial charge is 0.237 e. The van der Waals surface area contributed by atoms with Gasteiger partial charge in [-0.1, -0.05) is 81.4 Å². The molecule has 0 aliphatic carbocycles. The van der Waals surface area contributed by atoms with Crippen molar-refractivity contribution in [2.75, 3.05) is 0 Å². The van der Waals surface area contributed by atoms with Gasteiger partial charge in [-0.3, -0.25) is 0 Å². The minimum Gasteiger partial charge on any atom is -0.237 e. The van der Waals surface area contributed by atoms with E-state index in [1.807, 2.05) is 24.3 Å². The van der Waals surface area contributed by atoms with Crippen molar-refractivity contribution in [2.24, 2.45) is 0 Å². The van der Waals surface area contributed by atoms with Crippen molar-refractivity contribution >= 4 is 0 Å². The third-order valence-corrected chi connectivity index (χ3v) is 3.75. The summed E-state index contributed by atoms with van der Waals surface area (Å²) in [5.41, 5.74) is 4.39. The van der Waals surface area contributed by atoms with Crippen LogP contribution in [0.4, 0.5) is 0 Å². The van der Waals surface area contributed by atoms with E-state index in [2.05, 4.69) is 63.2 Å². The molecule has 0 spiro atoms. The molecule has 0 amide bonds. The van der Waals surface area contributed by atoms with Gasteiger partial charge in [0.25, 0.3) is 0 Å². The number of nitrogens with zero attached hydrogens (tertiary/aromatic N) is 2. The second kappa shape index (κ2) is 6.33. The lowest BCUT2D eigenvalue weighted by molar-refractivity contribution is 0.543. The average Bonchev–Trinajstić information content (AvgIpc) is 2.55. The van der Waals surface area contributed by atoms with Gasteiger partial charge in [-0.15, -0.1) is 0 Å². The second-order valence-electron chi connectivity index (χ2n) is 6.85. The van der Waals surface area contributed by atoms with E-state index in [-0.39, 0.29) is 5.41 Å². The third-order valence-electron chi connectivity index (χ3n) is 3.75. The Bertz CT molecular complexity index is 772. The number of hydrogen-bond donors (Lipinski definition) is 0. The van der Waals surface area contributed by atoms with Crippen LogP contribution in [0.25, 0.3) is 11.3 Å². The quantitative estimate of drug-likeness (QED) is 0.678. The highest BCUT2D eigenvalue weighted by Crippen LogP contribution is 2.24. The highest BCUT2D eigenvalue weighted by molar-refractivity contribution is 5.59. The highest BCUT2D eigenvalue weighted by Gasteiger charge is 2.19. The summed E-state index contributed by atoms with van der Waals surface area (Å²) in [5, 5.41) is 0. The summed E-state index contributed by atoms with van der Waals surface area (Å²) in [6.45, 7) is 6.47. The minimum atomic E-state index is -0.0732. The fourth-order valence-electron chi connectivity index (χ4n) is 2.49. The average molecular weight is 302 g/mol. The van der Waals surface area contributed by atoms with Crippen molar-refractivity contribution < 1.29 is 0 Å². The van der Waals surface area contributed by atoms with Crippen molar-refractivity contribution in [2.45, 2.75) is 32.6 Å². The first-order valence-corrected chi connectivity index (χ1v) is 8.00. The Kier molecular flexibility index (Phi) is 4.24. The molecule has 2 nitrogen and oxygen atoms in total. The molecule has 1 aromatic heterocycles. The van der Waals surface area contributed by atoms with E-state index in [9.17, 15) is 0 Å². The maximum absolute atomic E-state index is 4.81. The molecule has 0 saturated carbocycles. The van der Waals surface area contributed by atoms with E-state index in [0.29, 0.717) is 0 Å². The zero-order valence-electron chi connectivity index (χ0n) is 14.0. The number of benzene rings is 2. The standard InChI is InChI=1S/C21H22N2/c1-21(2,3)20-22-18(14-16-10-6-4-7-11-16)15-19(23-20)17-12-8-5-9-13-17/h4-13,15H,14H2,1-3H3. The molecule has 0 bridgehead atoms. The van der Waals surface area contributed by atoms with Crippen LogP contribution in [0.2, 0.25) is 0 Å². The van der Waals surface area contributed by atoms with Gasteiger partial charge in [0.2, 0.25) is 0 Å². The van der Waals surface area contributed by atoms with Gasteiger partial charge in [0.15, 0.2) is 0 Å². The number of rotatable bonds is 3. The molecule has 0 aliphatic rings. The van der Waals surface area contributed by atoms with Crippen LogP contribution in [-0.4, -0.2) is 9.97 Å². The molecule has 3 aromatic rings. The van der Waals surface area contributed by atoms with Gasteiger partial charge < -0.3 is 0 Å². The zero-order valence-corrected chi connectivity index (χ0v) is 14.0. The van der Waals surface area contributed by atoms with Crippen molar-refractivity contribution in [1.29, 1.82) is 0 Å². The molecule has 0 fully saturated rings. The third kappa shape index (κ3) is 3.84. The van der Waals surface area contributed by atoms with E-state index in [1.165, 1.54) is 5.56 Å². The molecule has 23 heavy (non-hydrogen) atoms. The Morgan fingerprint density at radius 2 is 1.39 bits per heavy atom. The molecule has 2 heteroatoms. The molecule has 1 heterocycles. The lowest BCUT2D eigenvalue weighted by Gasteiger charge is -2.19. The van der Waals surface area contributed by atoms with Crippen LogP contribution >= 0.6 is 0 Å². The summed E-state index contributed by atoms with van der Waals surface area (Å²) < 4.78 is 0. The predicted octanol–water partition coefficient (Wildman–Crippen LogP) is 5.03. The topological polar surface area (TPSA) is 25.8 Å². The highest BCUT2D eigenvalue weighted by atomic mass is 14.9. The van der Waals surface area contributed by atoms with Crippen LogP contribution in [0, 0.1) is 0 Å². The summed E-state index contributed by atoms with van der Waals surface area (Å²) in [7, 11) is 0. The van der Waals surface area contributed by atoms with Gasteiger partial charge in [-0.25, -0.2) is 9.97 Å². The fraction of sp³-hybridized carbons (Fsp3) is 0.238. The Balaban J connectivity index is 2.05. The molecular weight excluding hydrogens is 280 g/mol. The summed E-state index contributed by atoms with van der Waals surface area (Å²) in [4.78, 5) is 9.62. The van der Waals surface area contributed by atoms with E-state index in [1.54, 1.807) is 0 Å². The first-order valence-electron chi connectivity index (χ1n) is 8.00. The minimum absolute atomic E-state index is 0.0732. The van der Waals surface area contributed by atoms with Crippen LogP contribution in [0.1, 0.15) is 37.9 Å². The molecule has 0 atom stereocenters. The van der Waals surface area contributed by atoms with Crippen molar-refractivity contribution in [1.82, 2.24) is 9.97 Å². The maximum atomic E-state index is 4.81. The normalized spacial score (nSPS) is 11.4. The van der Waals surface area contributed by atoms with Crippen LogP contribution in [-0.2, 0) is 11.8 Å². The lowest BCUT2D eigenvalue weighted by Crippen LogP contribution is -2.17. The monoisotopic (exact) mass is 302 g/mol. The van der Waals surface area contributed by atoms with E-state index in [4.69, 9.17) is 9.97 Å². The van der Waals surface area contributed by atoms with Crippen molar-refractivity contribution in [3.05, 3.63) is 83.8 Å². The maximum Gasteiger partial charge on any atom is 0.134 e. The van der Waals surface area contributed by atoms with Gasteiger partial charge >= 0.3 is 0 Å². The van der Waals surface area contributed by atoms with Gasteiger partial charge in [0, 0.05) is 23.1 Å². The fourth-order valence-corrected chi connectivity index (χ4v) is 2.49. The SMILES string of the molecule is CC(C)(C)c1nc(Cc2ccccc2)cc(-c2ccccc2)n1. The lowest BCUT2D eigenvalue weighted by atomic mass is 9.94. The summed E-state index contributed by atoms with van der Waals surface area (Å²) in [5.74, 6) is 0.893. The van der Waals surface area contributed by atoms with Gasteiger partial charge in [0.05, 0.1) is 5.69 Å². The molecule has 2 aromatic carbocycles. The smallest absolute Gasteiger partial charge is 0.134 e. The first kappa shape index (κ1) is 15.4. The van der Waals surface area contributed by atoms with Crippen LogP contribution < -0.4 is 0 Å².